The number of anilines is 3. The molecule has 31 nitrogen and oxygen atoms in total. The number of aromatic carboxylic acids is 1. The quantitative estimate of drug-likeness (QED) is 0.0253. The standard InChI is InChI=1S/C63H76F2N6O13.C21H28O5.C20H24FN3O4/c1-30-28-69(25-22-67-30)53-49(65)32(3)44-51(57(53)81-9)71(37-13-14-37)34(5)46(55(44)76)59(78)84-60(82-29-42(74)63(79)19-17-40-39-15-10-35-26-38(72)16-18-61(35,6)47(39)41(73)27-62(40,63)7)83-58(77)45-33(4)70(36-11-12-36)50-43(54(45)75)31(2)48(64)52(56(50)80-8)68-23-20-66-21-24-68;1-19-7-5-13(23)9-12(19)3-4-14-15-6-8-21(26,17(25)11-22)20(15,2)10-16(24)18(14)19;1-10-13-16(19(28-3)17(15(10)21)23-8-6-22-7-9-23)24(12-4-5-12)11(2)14(18(13)25)20(26)27/h16,18,26,30,36-37,39-41,47,60,66-67,73,79H,10-15,17,19-25,27-29H2,1-9H3;5,7,9,14-16,18,22,24,26H,3-4,6,8,10-11H2,1-2H3;12,22H,4-9H2,1-3H3,(H,26,27)/t30?,39-,40-,41-,47+,60?,61-,62-,63-;14-,15-,16-,18+,19-,20-,21-;/m00./s1. The van der Waals surface area contributed by atoms with Crippen molar-refractivity contribution in [3.05, 3.63) is 146 Å². The molecule has 3 aromatic heterocycles. The normalized spacial score (nSPS) is 30.4. The third-order valence-electron chi connectivity index (χ3n) is 34.6. The van der Waals surface area contributed by atoms with Crippen molar-refractivity contribution in [2.24, 2.45) is 57.2 Å². The number of carboxylic acid groups (broad SMARTS) is 1. The van der Waals surface area contributed by atoms with Crippen LogP contribution in [0.4, 0.5) is 30.2 Å². The van der Waals surface area contributed by atoms with Gasteiger partial charge in [-0.3, -0.25) is 33.6 Å². The molecule has 12 fully saturated rings. The van der Waals surface area contributed by atoms with Crippen molar-refractivity contribution in [2.75, 3.05) is 121 Å². The number of aliphatic hydroxyl groups excluding tert-OH is 3. The molecule has 2 unspecified atom stereocenters. The van der Waals surface area contributed by atoms with Crippen molar-refractivity contribution >= 4 is 90.8 Å². The highest BCUT2D eigenvalue weighted by atomic mass is 19.1. The summed E-state index contributed by atoms with van der Waals surface area (Å²) in [5, 5.41) is 75.9. The van der Waals surface area contributed by atoms with Crippen LogP contribution in [0.1, 0.15) is 220 Å². The number of aryl methyl sites for hydroxylation is 3. The predicted octanol–water partition coefficient (Wildman–Crippen LogP) is 10.4. The first-order valence-corrected chi connectivity index (χ1v) is 48.9. The fraction of sp³-hybridized carbons (Fsp3) is 0.596. The maximum Gasteiger partial charge on any atom is 0.365 e. The highest BCUT2D eigenvalue weighted by Gasteiger charge is 2.70. The number of aliphatic hydroxyl groups is 5. The number of fused-ring (bicyclic) bond motifs is 13. The molecule has 11 aliphatic carbocycles. The van der Waals surface area contributed by atoms with E-state index in [9.17, 15) is 59.4 Å². The first-order chi connectivity index (χ1) is 65.6. The first-order valence-electron chi connectivity index (χ1n) is 48.9. The lowest BCUT2D eigenvalue weighted by Gasteiger charge is -2.59. The minimum atomic E-state index is -2.46. The summed E-state index contributed by atoms with van der Waals surface area (Å²) < 4.78 is 90.5. The average molecular weight is 1910 g/mol. The number of ether oxygens (including phenoxy) is 6. The van der Waals surface area contributed by atoms with E-state index in [2.05, 4.69) is 22.9 Å². The Bertz CT molecular complexity index is 6450. The number of hydrogen-bond acceptors (Lipinski definition) is 27. The van der Waals surface area contributed by atoms with Gasteiger partial charge in [-0.05, 0) is 199 Å². The van der Waals surface area contributed by atoms with Crippen molar-refractivity contribution in [3.8, 4) is 17.2 Å². The molecule has 20 rings (SSSR count). The third kappa shape index (κ3) is 15.4. The fourth-order valence-electron chi connectivity index (χ4n) is 27.4. The minimum absolute atomic E-state index is 0.00912. The molecule has 14 aliphatic rings. The van der Waals surface area contributed by atoms with Crippen molar-refractivity contribution in [1.82, 2.24) is 29.7 Å². The molecule has 0 bridgehead atoms. The van der Waals surface area contributed by atoms with Gasteiger partial charge in [0.15, 0.2) is 57.8 Å². The van der Waals surface area contributed by atoms with Gasteiger partial charge in [0.05, 0.1) is 66.2 Å². The number of piperazine rings is 3. The van der Waals surface area contributed by atoms with Crippen LogP contribution in [-0.4, -0.2) is 228 Å². The molecule has 0 spiro atoms. The van der Waals surface area contributed by atoms with Crippen LogP contribution in [0.5, 0.6) is 17.2 Å². The van der Waals surface area contributed by atoms with Gasteiger partial charge in [0.1, 0.15) is 58.2 Å². The van der Waals surface area contributed by atoms with Crippen LogP contribution < -0.4 is 61.1 Å². The number of nitrogens with zero attached hydrogens (tertiary/aromatic N) is 6. The van der Waals surface area contributed by atoms with Crippen molar-refractivity contribution < 1.29 is 106 Å². The van der Waals surface area contributed by atoms with Crippen LogP contribution in [0.15, 0.2) is 62.0 Å². The molecule has 6 aromatic rings. The molecule has 0 amide bonds. The molecule has 6 heterocycles. The number of aromatic nitrogens is 3. The molecule has 742 valence electrons. The van der Waals surface area contributed by atoms with Gasteiger partial charge in [0.25, 0.3) is 0 Å². The van der Waals surface area contributed by atoms with Gasteiger partial charge in [-0.25, -0.2) is 27.6 Å². The molecule has 16 atom stereocenters. The number of nitrogens with one attached hydrogen (secondary N) is 3. The van der Waals surface area contributed by atoms with Crippen molar-refractivity contribution in [3.63, 3.8) is 0 Å². The van der Waals surface area contributed by atoms with Gasteiger partial charge in [0, 0.05) is 163 Å². The summed E-state index contributed by atoms with van der Waals surface area (Å²) in [6.07, 6.45) is 17.8. The number of esters is 2. The molecule has 9 saturated carbocycles. The Morgan fingerprint density at radius 3 is 1.21 bits per heavy atom. The van der Waals surface area contributed by atoms with Crippen LogP contribution in [0, 0.1) is 116 Å². The van der Waals surface area contributed by atoms with Crippen LogP contribution in [-0.2, 0) is 33.4 Å². The monoisotopic (exact) mass is 1910 g/mol. The van der Waals surface area contributed by atoms with E-state index in [0.717, 1.165) is 56.3 Å². The Hall–Kier alpha value is -10.4. The largest absolute Gasteiger partial charge is 0.492 e. The average Bonchev–Trinajstić information content (AvgIpc) is 1.52. The number of methoxy groups -OCH3 is 3. The van der Waals surface area contributed by atoms with E-state index in [1.807, 2.05) is 52.2 Å². The predicted molar refractivity (Wildman–Crippen MR) is 508 cm³/mol. The van der Waals surface area contributed by atoms with E-state index in [0.29, 0.717) is 150 Å². The lowest BCUT2D eigenvalue weighted by molar-refractivity contribution is -0.237. The maximum atomic E-state index is 17.0. The Morgan fingerprint density at radius 2 is 0.855 bits per heavy atom. The fourth-order valence-corrected chi connectivity index (χ4v) is 27.4. The maximum absolute atomic E-state index is 17.0. The Balaban J connectivity index is 0.000000188. The first kappa shape index (κ1) is 97.8. The minimum Gasteiger partial charge on any atom is -0.492 e. The van der Waals surface area contributed by atoms with Crippen LogP contribution >= 0.6 is 0 Å². The highest BCUT2D eigenvalue weighted by Crippen LogP contribution is 2.70. The summed E-state index contributed by atoms with van der Waals surface area (Å²) in [4.78, 5) is 142. The lowest BCUT2D eigenvalue weighted by Crippen LogP contribution is -2.61. The van der Waals surface area contributed by atoms with Crippen LogP contribution in [0.25, 0.3) is 32.7 Å². The van der Waals surface area contributed by atoms with E-state index in [-0.39, 0.29) is 162 Å². The van der Waals surface area contributed by atoms with Gasteiger partial charge in [-0.15, -0.1) is 0 Å². The number of hydrogen-bond donors (Lipinski definition) is 9. The molecule has 3 aliphatic heterocycles. The second-order valence-corrected chi connectivity index (χ2v) is 42.0. The number of carboxylic acids is 1. The smallest absolute Gasteiger partial charge is 0.365 e. The zero-order chi connectivity index (χ0) is 98.9. The molecular weight excluding hydrogens is 1780 g/mol. The van der Waals surface area contributed by atoms with Gasteiger partial charge >= 0.3 is 24.4 Å². The van der Waals surface area contributed by atoms with Crippen LogP contribution in [0.3, 0.4) is 0 Å². The SMILES string of the molecule is COc1c(N2CCNCC2)c(F)c(C)c2c(=O)c(C(=O)O)c(C)n(C3CC3)c12.COc1c(N2CCNCC2)c(F)c(C)c2c(=O)c(C(=O)OC(OCC(=O)[C@@]3(O)CC[C@H]4[C@@H]5CCC6=CC(=O)C=C[C@]6(C)[C@H]5[C@@H](O)C[C@@]43C)OC(=O)c3c(C)n(C4CC4)c4c(OC)c(N5CCNC(C)C5)c(F)c(C)c4c3=O)c(C)n(C3CC3)c12.C[C@]12C=CC(=O)C=C1CC[C@@H]1[C@@H]2[C@@H](O)C[C@@]2(C)[C@H]1CC[C@]2(O)C(=O)CO. The number of rotatable bonds is 20. The Kier molecular flexibility index (Phi) is 25.7. The van der Waals surface area contributed by atoms with Crippen molar-refractivity contribution in [1.29, 1.82) is 0 Å². The number of carbonyl (C=O) groups excluding carboxylic acids is 6. The Morgan fingerprint density at radius 1 is 0.500 bits per heavy atom. The van der Waals surface area contributed by atoms with Gasteiger partial charge in [0.2, 0.25) is 16.3 Å². The summed E-state index contributed by atoms with van der Waals surface area (Å²) in [6.45, 7) is 21.2. The number of Topliss-reactive ketones (excluding diaryl/α,β-unsaturated/α-hetero) is 2. The van der Waals surface area contributed by atoms with Gasteiger partial charge in [-0.1, -0.05) is 51.0 Å². The topological polar surface area (TPSA) is 408 Å². The van der Waals surface area contributed by atoms with Gasteiger partial charge in [-0.2, -0.15) is 0 Å². The summed E-state index contributed by atoms with van der Waals surface area (Å²) in [5.74, 6) is -7.24. The van der Waals surface area contributed by atoms with Crippen molar-refractivity contribution in [2.45, 2.75) is 233 Å². The van der Waals surface area contributed by atoms with E-state index in [1.54, 1.807) is 62.0 Å². The van der Waals surface area contributed by atoms with E-state index in [4.69, 9.17) is 28.4 Å². The molecular formula is C104H128F3N9O22. The van der Waals surface area contributed by atoms with E-state index >= 15 is 32.3 Å². The Labute approximate surface area is 797 Å². The number of ketones is 4. The molecule has 3 saturated heterocycles. The summed E-state index contributed by atoms with van der Waals surface area (Å²) in [6, 6.07) is -0.350. The molecule has 34 heteroatoms. The highest BCUT2D eigenvalue weighted by molar-refractivity contribution is 6.05. The van der Waals surface area contributed by atoms with E-state index in [1.165, 1.54) is 41.3 Å². The number of allylic oxidation sites excluding steroid dienone is 8. The molecule has 0 radical (unpaired) electrons. The zero-order valence-corrected chi connectivity index (χ0v) is 81.0. The summed E-state index contributed by atoms with van der Waals surface area (Å²) >= 11 is 0. The number of carbonyl (C=O) groups is 7. The lowest BCUT2D eigenvalue weighted by atomic mass is 9.46. The molecule has 9 N–H and O–H groups in total. The zero-order valence-electron chi connectivity index (χ0n) is 81.0. The number of benzene rings is 3. The van der Waals surface area contributed by atoms with Crippen LogP contribution in [0.2, 0.25) is 0 Å². The second-order valence-electron chi connectivity index (χ2n) is 42.0. The summed E-state index contributed by atoms with van der Waals surface area (Å²) in [7, 11) is 4.28. The number of halogens is 3. The van der Waals surface area contributed by atoms with Gasteiger partial charge < -0.3 is 103 Å². The third-order valence-corrected chi connectivity index (χ3v) is 34.6. The number of pyridine rings is 3. The van der Waals surface area contributed by atoms with E-state index < -0.39 is 134 Å². The summed E-state index contributed by atoms with van der Waals surface area (Å²) in [5.41, 5.74) is -5.74. The molecule has 138 heavy (non-hydrogen) atoms. The second kappa shape index (κ2) is 36.3. The molecule has 3 aromatic carbocycles.